The van der Waals surface area contributed by atoms with E-state index < -0.39 is 11.8 Å². The number of carbonyl (C=O) groups excluding carboxylic acids is 3. The Morgan fingerprint density at radius 3 is 2.57 bits per heavy atom. The molecule has 0 aliphatic carbocycles. The lowest BCUT2D eigenvalue weighted by molar-refractivity contribution is -0.144. The molecule has 3 amide bonds. The van der Waals surface area contributed by atoms with Gasteiger partial charge in [-0.1, -0.05) is 18.2 Å². The minimum Gasteiger partial charge on any atom is -0.490 e. The summed E-state index contributed by atoms with van der Waals surface area (Å²) >= 11 is 0. The minimum atomic E-state index is -0.667. The van der Waals surface area contributed by atoms with E-state index in [1.54, 1.807) is 23.1 Å². The molecule has 0 aromatic heterocycles. The monoisotopic (exact) mass is 379 g/mol. The van der Waals surface area contributed by atoms with Crippen LogP contribution in [0.15, 0.2) is 48.5 Å². The van der Waals surface area contributed by atoms with Crippen molar-refractivity contribution in [1.82, 2.24) is 4.90 Å². The van der Waals surface area contributed by atoms with E-state index in [-0.39, 0.29) is 18.4 Å². The van der Waals surface area contributed by atoms with Gasteiger partial charge in [-0.05, 0) is 35.9 Å². The standard InChI is InChI=1S/C21H21N3O4/c25-19-13-14-12-15(6-7-18(14)23-19)22-20(26)21(27)24-10-8-17(9-11-24)28-16-4-2-1-3-5-16/h1-7,12,17H,8-11,13H2,(H,22,26)(H,23,25). The van der Waals surface area contributed by atoms with Crippen molar-refractivity contribution in [2.24, 2.45) is 0 Å². The molecular weight excluding hydrogens is 358 g/mol. The number of para-hydroxylation sites is 1. The van der Waals surface area contributed by atoms with Crippen LogP contribution in [0.4, 0.5) is 11.4 Å². The summed E-state index contributed by atoms with van der Waals surface area (Å²) in [7, 11) is 0. The summed E-state index contributed by atoms with van der Waals surface area (Å²) in [6, 6.07) is 14.7. The molecule has 2 aliphatic heterocycles. The second-order valence-electron chi connectivity index (χ2n) is 6.97. The SMILES string of the molecule is O=C1Cc2cc(NC(=O)C(=O)N3CCC(Oc4ccccc4)CC3)ccc2N1. The Bertz CT molecular complexity index is 905. The number of ether oxygens (including phenoxy) is 1. The summed E-state index contributed by atoms with van der Waals surface area (Å²) in [6.07, 6.45) is 1.68. The minimum absolute atomic E-state index is 0.0382. The van der Waals surface area contributed by atoms with Gasteiger partial charge in [0, 0.05) is 37.3 Å². The number of fused-ring (bicyclic) bond motifs is 1. The van der Waals surface area contributed by atoms with E-state index in [2.05, 4.69) is 10.6 Å². The molecule has 0 saturated carbocycles. The van der Waals surface area contributed by atoms with Crippen molar-refractivity contribution in [2.75, 3.05) is 23.7 Å². The van der Waals surface area contributed by atoms with Crippen LogP contribution in [0.25, 0.3) is 0 Å². The number of rotatable bonds is 3. The molecule has 28 heavy (non-hydrogen) atoms. The number of amides is 3. The zero-order valence-electron chi connectivity index (χ0n) is 15.3. The highest BCUT2D eigenvalue weighted by molar-refractivity contribution is 6.39. The second-order valence-corrected chi connectivity index (χ2v) is 6.97. The lowest BCUT2D eigenvalue weighted by atomic mass is 10.1. The van der Waals surface area contributed by atoms with Crippen LogP contribution < -0.4 is 15.4 Å². The number of piperidine rings is 1. The highest BCUT2D eigenvalue weighted by Gasteiger charge is 2.28. The molecule has 7 nitrogen and oxygen atoms in total. The van der Waals surface area contributed by atoms with Crippen molar-refractivity contribution >= 4 is 29.1 Å². The Morgan fingerprint density at radius 1 is 1.07 bits per heavy atom. The number of carbonyl (C=O) groups is 3. The van der Waals surface area contributed by atoms with Crippen LogP contribution in [0.5, 0.6) is 5.75 Å². The molecule has 0 spiro atoms. The average molecular weight is 379 g/mol. The molecule has 2 aliphatic rings. The number of benzene rings is 2. The predicted octanol–water partition coefficient (Wildman–Crippen LogP) is 2.19. The van der Waals surface area contributed by atoms with Gasteiger partial charge in [-0.15, -0.1) is 0 Å². The van der Waals surface area contributed by atoms with Crippen molar-refractivity contribution in [3.8, 4) is 5.75 Å². The molecule has 144 valence electrons. The van der Waals surface area contributed by atoms with E-state index in [1.807, 2.05) is 30.3 Å². The third-order valence-electron chi connectivity index (χ3n) is 4.96. The van der Waals surface area contributed by atoms with E-state index >= 15 is 0 Å². The van der Waals surface area contributed by atoms with Gasteiger partial charge in [-0.25, -0.2) is 0 Å². The topological polar surface area (TPSA) is 87.7 Å². The molecule has 2 aromatic rings. The summed E-state index contributed by atoms with van der Waals surface area (Å²) < 4.78 is 5.92. The van der Waals surface area contributed by atoms with Gasteiger partial charge in [0.25, 0.3) is 0 Å². The first-order chi connectivity index (χ1) is 13.6. The largest absolute Gasteiger partial charge is 0.490 e. The van der Waals surface area contributed by atoms with Gasteiger partial charge in [0.2, 0.25) is 5.91 Å². The van der Waals surface area contributed by atoms with E-state index in [4.69, 9.17) is 4.74 Å². The van der Waals surface area contributed by atoms with E-state index in [0.717, 1.165) is 17.0 Å². The lowest BCUT2D eigenvalue weighted by Gasteiger charge is -2.31. The second kappa shape index (κ2) is 7.72. The van der Waals surface area contributed by atoms with Crippen LogP contribution in [0.1, 0.15) is 18.4 Å². The van der Waals surface area contributed by atoms with E-state index in [0.29, 0.717) is 31.6 Å². The summed E-state index contributed by atoms with van der Waals surface area (Å²) in [5.41, 5.74) is 2.07. The predicted molar refractivity (Wildman–Crippen MR) is 104 cm³/mol. The third-order valence-corrected chi connectivity index (χ3v) is 4.96. The first-order valence-electron chi connectivity index (χ1n) is 9.33. The van der Waals surface area contributed by atoms with Gasteiger partial charge in [0.05, 0.1) is 6.42 Å². The summed E-state index contributed by atoms with van der Waals surface area (Å²) in [6.45, 7) is 0.957. The summed E-state index contributed by atoms with van der Waals surface area (Å²) in [4.78, 5) is 37.8. The molecule has 2 N–H and O–H groups in total. The van der Waals surface area contributed by atoms with Crippen molar-refractivity contribution in [1.29, 1.82) is 0 Å². The van der Waals surface area contributed by atoms with Crippen molar-refractivity contribution < 1.29 is 19.1 Å². The molecule has 0 atom stereocenters. The van der Waals surface area contributed by atoms with E-state index in [9.17, 15) is 14.4 Å². The fourth-order valence-corrected chi connectivity index (χ4v) is 3.50. The molecule has 1 fully saturated rings. The fraction of sp³-hybridized carbons (Fsp3) is 0.286. The van der Waals surface area contributed by atoms with Crippen LogP contribution in [-0.2, 0) is 20.8 Å². The number of nitrogens with one attached hydrogen (secondary N) is 2. The first kappa shape index (κ1) is 18.0. The average Bonchev–Trinajstić information content (AvgIpc) is 3.08. The molecular formula is C21H21N3O4. The number of anilines is 2. The van der Waals surface area contributed by atoms with Gasteiger partial charge in [-0.3, -0.25) is 14.4 Å². The quantitative estimate of drug-likeness (QED) is 0.801. The summed E-state index contributed by atoms with van der Waals surface area (Å²) in [5.74, 6) is -0.475. The molecule has 0 bridgehead atoms. The highest BCUT2D eigenvalue weighted by Crippen LogP contribution is 2.26. The Morgan fingerprint density at radius 2 is 1.82 bits per heavy atom. The number of hydrogen-bond acceptors (Lipinski definition) is 4. The van der Waals surface area contributed by atoms with Gasteiger partial charge >= 0.3 is 11.8 Å². The molecule has 1 saturated heterocycles. The van der Waals surface area contributed by atoms with Crippen molar-refractivity contribution in [2.45, 2.75) is 25.4 Å². The maximum absolute atomic E-state index is 12.5. The van der Waals surface area contributed by atoms with E-state index in [1.165, 1.54) is 0 Å². The summed E-state index contributed by atoms with van der Waals surface area (Å²) in [5, 5.41) is 5.37. The molecule has 0 radical (unpaired) electrons. The van der Waals surface area contributed by atoms with Gasteiger partial charge in [0.15, 0.2) is 0 Å². The van der Waals surface area contributed by atoms with Gasteiger partial charge in [-0.2, -0.15) is 0 Å². The van der Waals surface area contributed by atoms with Crippen LogP contribution in [0, 0.1) is 0 Å². The number of hydrogen-bond donors (Lipinski definition) is 2. The lowest BCUT2D eigenvalue weighted by Crippen LogP contribution is -2.46. The maximum atomic E-state index is 12.5. The Labute approximate surface area is 162 Å². The Hall–Kier alpha value is -3.35. The molecule has 4 rings (SSSR count). The fourth-order valence-electron chi connectivity index (χ4n) is 3.50. The van der Waals surface area contributed by atoms with Crippen LogP contribution in [0.2, 0.25) is 0 Å². The Balaban J connectivity index is 1.30. The highest BCUT2D eigenvalue weighted by atomic mass is 16.5. The van der Waals surface area contributed by atoms with Gasteiger partial charge < -0.3 is 20.3 Å². The zero-order chi connectivity index (χ0) is 19.5. The van der Waals surface area contributed by atoms with Crippen molar-refractivity contribution in [3.05, 3.63) is 54.1 Å². The molecule has 0 unspecified atom stereocenters. The van der Waals surface area contributed by atoms with Gasteiger partial charge in [0.1, 0.15) is 11.9 Å². The van der Waals surface area contributed by atoms with Crippen molar-refractivity contribution in [3.63, 3.8) is 0 Å². The van der Waals surface area contributed by atoms with Crippen LogP contribution in [-0.4, -0.2) is 41.8 Å². The third kappa shape index (κ3) is 3.98. The molecule has 2 heterocycles. The molecule has 7 heteroatoms. The Kier molecular flexibility index (Phi) is 4.97. The first-order valence-corrected chi connectivity index (χ1v) is 9.33. The number of nitrogens with zero attached hydrogens (tertiary/aromatic N) is 1. The van der Waals surface area contributed by atoms with Crippen LogP contribution in [0.3, 0.4) is 0 Å². The zero-order valence-corrected chi connectivity index (χ0v) is 15.3. The molecule has 2 aromatic carbocycles. The normalized spacial score (nSPS) is 16.3. The van der Waals surface area contributed by atoms with Crippen LogP contribution >= 0.6 is 0 Å². The maximum Gasteiger partial charge on any atom is 0.313 e. The smallest absolute Gasteiger partial charge is 0.313 e. The number of likely N-dealkylation sites (tertiary alicyclic amines) is 1.